The average molecular weight is 305 g/mol. The summed E-state index contributed by atoms with van der Waals surface area (Å²) in [6.07, 6.45) is 3.40. The highest BCUT2D eigenvalue weighted by molar-refractivity contribution is 9.10. The second-order valence-electron chi connectivity index (χ2n) is 3.95. The molecule has 1 heterocycles. The van der Waals surface area contributed by atoms with Gasteiger partial charge in [0.15, 0.2) is 0 Å². The summed E-state index contributed by atoms with van der Waals surface area (Å²) in [5.74, 6) is 0.385. The SMILES string of the molecule is CNC(C)c1ccc(-n2ccnc2C#N)cc1Br. The maximum absolute atomic E-state index is 8.96. The van der Waals surface area contributed by atoms with Gasteiger partial charge in [-0.05, 0) is 31.7 Å². The Morgan fingerprint density at radius 3 is 2.89 bits per heavy atom. The quantitative estimate of drug-likeness (QED) is 0.948. The van der Waals surface area contributed by atoms with E-state index < -0.39 is 0 Å². The number of imidazole rings is 1. The van der Waals surface area contributed by atoms with Crippen LogP contribution in [0.5, 0.6) is 0 Å². The molecule has 0 aliphatic carbocycles. The Kier molecular flexibility index (Phi) is 3.80. The maximum Gasteiger partial charge on any atom is 0.217 e. The van der Waals surface area contributed by atoms with Gasteiger partial charge >= 0.3 is 0 Å². The van der Waals surface area contributed by atoms with E-state index in [4.69, 9.17) is 5.26 Å². The van der Waals surface area contributed by atoms with Crippen LogP contribution in [0.1, 0.15) is 24.4 Å². The van der Waals surface area contributed by atoms with Crippen LogP contribution in [-0.2, 0) is 0 Å². The van der Waals surface area contributed by atoms with E-state index in [2.05, 4.69) is 39.2 Å². The van der Waals surface area contributed by atoms with Gasteiger partial charge in [0.1, 0.15) is 6.07 Å². The zero-order chi connectivity index (χ0) is 13.1. The zero-order valence-corrected chi connectivity index (χ0v) is 11.8. The number of hydrogen-bond acceptors (Lipinski definition) is 3. The molecule has 0 saturated heterocycles. The fraction of sp³-hybridized carbons (Fsp3) is 0.231. The van der Waals surface area contributed by atoms with Crippen molar-refractivity contribution in [3.63, 3.8) is 0 Å². The van der Waals surface area contributed by atoms with E-state index >= 15 is 0 Å². The van der Waals surface area contributed by atoms with Crippen molar-refractivity contribution in [2.24, 2.45) is 0 Å². The van der Waals surface area contributed by atoms with Gasteiger partial charge in [0.2, 0.25) is 5.82 Å². The first-order chi connectivity index (χ1) is 8.67. The lowest BCUT2D eigenvalue weighted by Crippen LogP contribution is -2.13. The van der Waals surface area contributed by atoms with Gasteiger partial charge < -0.3 is 5.32 Å². The fourth-order valence-corrected chi connectivity index (χ4v) is 2.48. The number of nitriles is 1. The van der Waals surface area contributed by atoms with Crippen LogP contribution in [0, 0.1) is 11.3 Å². The number of halogens is 1. The van der Waals surface area contributed by atoms with Gasteiger partial charge in [-0.3, -0.25) is 4.57 Å². The molecule has 0 amide bonds. The molecule has 0 radical (unpaired) electrons. The minimum Gasteiger partial charge on any atom is -0.313 e. The summed E-state index contributed by atoms with van der Waals surface area (Å²) < 4.78 is 2.78. The lowest BCUT2D eigenvalue weighted by molar-refractivity contribution is 0.649. The first-order valence-electron chi connectivity index (χ1n) is 5.58. The molecule has 0 aliphatic rings. The number of benzene rings is 1. The van der Waals surface area contributed by atoms with Crippen LogP contribution in [0.3, 0.4) is 0 Å². The highest BCUT2D eigenvalue weighted by Gasteiger charge is 2.10. The van der Waals surface area contributed by atoms with E-state index in [0.29, 0.717) is 5.82 Å². The van der Waals surface area contributed by atoms with E-state index in [0.717, 1.165) is 10.2 Å². The largest absolute Gasteiger partial charge is 0.313 e. The van der Waals surface area contributed by atoms with E-state index in [1.807, 2.05) is 25.2 Å². The normalized spacial score (nSPS) is 12.1. The molecule has 0 spiro atoms. The number of nitrogens with one attached hydrogen (secondary N) is 1. The number of nitrogens with zero attached hydrogens (tertiary/aromatic N) is 3. The monoisotopic (exact) mass is 304 g/mol. The smallest absolute Gasteiger partial charge is 0.217 e. The summed E-state index contributed by atoms with van der Waals surface area (Å²) in [6.45, 7) is 2.09. The van der Waals surface area contributed by atoms with Gasteiger partial charge in [0, 0.05) is 28.6 Å². The van der Waals surface area contributed by atoms with Crippen LogP contribution in [0.15, 0.2) is 35.1 Å². The number of rotatable bonds is 3. The van der Waals surface area contributed by atoms with Crippen molar-refractivity contribution in [1.82, 2.24) is 14.9 Å². The van der Waals surface area contributed by atoms with Gasteiger partial charge in [-0.25, -0.2) is 4.98 Å². The van der Waals surface area contributed by atoms with Crippen LogP contribution in [-0.4, -0.2) is 16.6 Å². The predicted molar refractivity (Wildman–Crippen MR) is 73.5 cm³/mol. The Balaban J connectivity index is 2.44. The summed E-state index contributed by atoms with van der Waals surface area (Å²) in [7, 11) is 1.93. The maximum atomic E-state index is 8.96. The van der Waals surface area contributed by atoms with Crippen LogP contribution in [0.2, 0.25) is 0 Å². The standard InChI is InChI=1S/C13H13BrN4/c1-9(16-2)11-4-3-10(7-12(11)14)18-6-5-17-13(18)8-15/h3-7,9,16H,1-2H3. The van der Waals surface area contributed by atoms with Crippen molar-refractivity contribution in [2.45, 2.75) is 13.0 Å². The third kappa shape index (κ3) is 2.30. The molecule has 2 rings (SSSR count). The topological polar surface area (TPSA) is 53.6 Å². The van der Waals surface area contributed by atoms with Crippen LogP contribution >= 0.6 is 15.9 Å². The first-order valence-corrected chi connectivity index (χ1v) is 6.37. The molecule has 1 unspecified atom stereocenters. The molecule has 1 aromatic carbocycles. The van der Waals surface area contributed by atoms with Crippen molar-refractivity contribution in [2.75, 3.05) is 7.05 Å². The third-order valence-electron chi connectivity index (χ3n) is 2.90. The van der Waals surface area contributed by atoms with Crippen molar-refractivity contribution >= 4 is 15.9 Å². The Bertz CT molecular complexity index is 597. The Labute approximate surface area is 114 Å². The van der Waals surface area contributed by atoms with Crippen LogP contribution < -0.4 is 5.32 Å². The van der Waals surface area contributed by atoms with Gasteiger partial charge in [0.25, 0.3) is 0 Å². The minimum atomic E-state index is 0.270. The molecule has 1 aromatic heterocycles. The number of aromatic nitrogens is 2. The second kappa shape index (κ2) is 5.34. The summed E-state index contributed by atoms with van der Waals surface area (Å²) in [6, 6.07) is 8.35. The van der Waals surface area contributed by atoms with Gasteiger partial charge in [-0.2, -0.15) is 5.26 Å². The first kappa shape index (κ1) is 12.8. The average Bonchev–Trinajstić information content (AvgIpc) is 2.86. The lowest BCUT2D eigenvalue weighted by atomic mass is 10.1. The molecule has 0 aliphatic heterocycles. The van der Waals surface area contributed by atoms with Gasteiger partial charge in [-0.1, -0.05) is 22.0 Å². The highest BCUT2D eigenvalue weighted by Crippen LogP contribution is 2.26. The summed E-state index contributed by atoms with van der Waals surface area (Å²) in [4.78, 5) is 3.99. The van der Waals surface area contributed by atoms with Crippen LogP contribution in [0.25, 0.3) is 5.69 Å². The molecule has 0 saturated carbocycles. The molecule has 1 atom stereocenters. The fourth-order valence-electron chi connectivity index (χ4n) is 1.77. The summed E-state index contributed by atoms with van der Waals surface area (Å²) in [5.41, 5.74) is 2.10. The summed E-state index contributed by atoms with van der Waals surface area (Å²) in [5, 5.41) is 12.2. The second-order valence-corrected chi connectivity index (χ2v) is 4.80. The van der Waals surface area contributed by atoms with Crippen molar-refractivity contribution in [3.8, 4) is 11.8 Å². The molecule has 18 heavy (non-hydrogen) atoms. The molecule has 2 aromatic rings. The van der Waals surface area contributed by atoms with Crippen molar-refractivity contribution in [1.29, 1.82) is 5.26 Å². The van der Waals surface area contributed by atoms with Gasteiger partial charge in [0.05, 0.1) is 0 Å². The van der Waals surface area contributed by atoms with E-state index in [9.17, 15) is 0 Å². The molecule has 0 fully saturated rings. The van der Waals surface area contributed by atoms with Crippen LogP contribution in [0.4, 0.5) is 0 Å². The molecule has 5 heteroatoms. The minimum absolute atomic E-state index is 0.270. The van der Waals surface area contributed by atoms with Crippen molar-refractivity contribution < 1.29 is 0 Å². The lowest BCUT2D eigenvalue weighted by Gasteiger charge is -2.14. The van der Waals surface area contributed by atoms with E-state index in [1.165, 1.54) is 5.56 Å². The van der Waals surface area contributed by atoms with E-state index in [-0.39, 0.29) is 6.04 Å². The predicted octanol–water partition coefficient (Wildman–Crippen LogP) is 2.79. The third-order valence-corrected chi connectivity index (χ3v) is 3.59. The van der Waals surface area contributed by atoms with Gasteiger partial charge in [-0.15, -0.1) is 0 Å². The number of hydrogen-bond donors (Lipinski definition) is 1. The summed E-state index contributed by atoms with van der Waals surface area (Å²) >= 11 is 3.56. The molecule has 4 nitrogen and oxygen atoms in total. The molecular weight excluding hydrogens is 292 g/mol. The molecule has 92 valence electrons. The Hall–Kier alpha value is -1.64. The molecule has 1 N–H and O–H groups in total. The van der Waals surface area contributed by atoms with E-state index in [1.54, 1.807) is 17.0 Å². The molecule has 0 bridgehead atoms. The zero-order valence-electron chi connectivity index (χ0n) is 10.2. The molecular formula is C13H13BrN4. The van der Waals surface area contributed by atoms with Crippen molar-refractivity contribution in [3.05, 3.63) is 46.5 Å². The Morgan fingerprint density at radius 2 is 2.28 bits per heavy atom. The highest BCUT2D eigenvalue weighted by atomic mass is 79.9. The Morgan fingerprint density at radius 1 is 1.50 bits per heavy atom.